The summed E-state index contributed by atoms with van der Waals surface area (Å²) in [6, 6.07) is 30.5. The molecule has 0 amide bonds. The third kappa shape index (κ3) is 4.77. The first-order chi connectivity index (χ1) is 17.3. The molecule has 176 valence electrons. The number of nitrogens with zero attached hydrogens (tertiary/aromatic N) is 4. The lowest BCUT2D eigenvalue weighted by molar-refractivity contribution is 0.153. The van der Waals surface area contributed by atoms with Crippen LogP contribution >= 0.6 is 0 Å². The van der Waals surface area contributed by atoms with Gasteiger partial charge in [-0.25, -0.2) is 9.97 Å². The number of aromatic nitrogens is 2. The second-order valence-electron chi connectivity index (χ2n) is 9.51. The molecule has 3 heterocycles. The van der Waals surface area contributed by atoms with Crippen LogP contribution < -0.4 is 10.2 Å². The molecule has 1 aromatic heterocycles. The number of anilines is 3. The lowest BCUT2D eigenvalue weighted by atomic mass is 9.95. The highest BCUT2D eigenvalue weighted by Crippen LogP contribution is 2.31. The summed E-state index contributed by atoms with van der Waals surface area (Å²) in [6.45, 7) is 4.31. The number of nitrogens with one attached hydrogen (secondary N) is 1. The molecule has 0 aliphatic carbocycles. The highest BCUT2D eigenvalue weighted by Gasteiger charge is 2.27. The molecule has 0 radical (unpaired) electrons. The molecule has 5 heteroatoms. The summed E-state index contributed by atoms with van der Waals surface area (Å²) in [5.41, 5.74) is 6.43. The highest BCUT2D eigenvalue weighted by molar-refractivity contribution is 5.80. The van der Waals surface area contributed by atoms with Crippen molar-refractivity contribution in [3.63, 3.8) is 0 Å². The molecule has 0 bridgehead atoms. The van der Waals surface area contributed by atoms with Gasteiger partial charge in [0, 0.05) is 49.5 Å². The standard InChI is InChI=1S/C30H31N5/c1-2-9-24(10-3-1)27-12-6-7-13-28(27)33-29-20-30(32-22-31-29)34-18-15-26(16-19-34)35-17-14-23-8-4-5-11-25(23)21-35/h1-13,20,22,26H,14-19,21H2,(H,31,32,33). The molecule has 3 aromatic carbocycles. The summed E-state index contributed by atoms with van der Waals surface area (Å²) in [6.07, 6.45) is 5.19. The van der Waals surface area contributed by atoms with Crippen molar-refractivity contribution in [3.8, 4) is 11.1 Å². The van der Waals surface area contributed by atoms with Crippen LogP contribution in [-0.2, 0) is 13.0 Å². The molecular formula is C30H31N5. The van der Waals surface area contributed by atoms with E-state index in [9.17, 15) is 0 Å². The van der Waals surface area contributed by atoms with E-state index in [0.29, 0.717) is 6.04 Å². The van der Waals surface area contributed by atoms with Gasteiger partial charge in [-0.2, -0.15) is 0 Å². The Kier molecular flexibility index (Phi) is 6.16. The van der Waals surface area contributed by atoms with E-state index in [4.69, 9.17) is 0 Å². The van der Waals surface area contributed by atoms with Crippen molar-refractivity contribution in [2.45, 2.75) is 31.8 Å². The first-order valence-corrected chi connectivity index (χ1v) is 12.6. The van der Waals surface area contributed by atoms with E-state index < -0.39 is 0 Å². The van der Waals surface area contributed by atoms with Gasteiger partial charge in [0.1, 0.15) is 18.0 Å². The van der Waals surface area contributed by atoms with Crippen molar-refractivity contribution in [1.29, 1.82) is 0 Å². The van der Waals surface area contributed by atoms with Crippen molar-refractivity contribution in [1.82, 2.24) is 14.9 Å². The molecule has 4 aromatic rings. The fourth-order valence-electron chi connectivity index (χ4n) is 5.48. The van der Waals surface area contributed by atoms with Crippen molar-refractivity contribution in [2.75, 3.05) is 29.9 Å². The zero-order valence-corrected chi connectivity index (χ0v) is 20.0. The monoisotopic (exact) mass is 461 g/mol. The van der Waals surface area contributed by atoms with Gasteiger partial charge in [-0.1, -0.05) is 72.8 Å². The summed E-state index contributed by atoms with van der Waals surface area (Å²) in [5.74, 6) is 1.83. The Hall–Kier alpha value is -3.70. The molecule has 1 saturated heterocycles. The topological polar surface area (TPSA) is 44.3 Å². The number of hydrogen-bond donors (Lipinski definition) is 1. The predicted octanol–water partition coefficient (Wildman–Crippen LogP) is 5.91. The SMILES string of the molecule is c1ccc(-c2ccccc2Nc2cc(N3CCC(N4CCc5ccccc5C4)CC3)ncn2)cc1. The Balaban J connectivity index is 1.12. The molecule has 0 spiro atoms. The lowest BCUT2D eigenvalue weighted by Crippen LogP contribution is -2.46. The van der Waals surface area contributed by atoms with Gasteiger partial charge >= 0.3 is 0 Å². The van der Waals surface area contributed by atoms with Gasteiger partial charge in [-0.15, -0.1) is 0 Å². The van der Waals surface area contributed by atoms with Gasteiger partial charge in [0.2, 0.25) is 0 Å². The predicted molar refractivity (Wildman–Crippen MR) is 143 cm³/mol. The van der Waals surface area contributed by atoms with Crippen molar-refractivity contribution < 1.29 is 0 Å². The average molecular weight is 462 g/mol. The van der Waals surface area contributed by atoms with Crippen LogP contribution in [-0.4, -0.2) is 40.5 Å². The largest absolute Gasteiger partial charge is 0.356 e. The molecule has 2 aliphatic heterocycles. The molecule has 0 unspecified atom stereocenters. The third-order valence-electron chi connectivity index (χ3n) is 7.39. The number of para-hydroxylation sites is 1. The zero-order valence-electron chi connectivity index (χ0n) is 20.0. The first kappa shape index (κ1) is 21.8. The minimum atomic E-state index is 0.650. The fraction of sp³-hybridized carbons (Fsp3) is 0.267. The summed E-state index contributed by atoms with van der Waals surface area (Å²) >= 11 is 0. The maximum Gasteiger partial charge on any atom is 0.135 e. The van der Waals surface area contributed by atoms with Crippen LogP contribution in [0, 0.1) is 0 Å². The summed E-state index contributed by atoms with van der Waals surface area (Å²) in [5, 5.41) is 3.53. The number of fused-ring (bicyclic) bond motifs is 1. The number of rotatable bonds is 5. The molecule has 0 saturated carbocycles. The van der Waals surface area contributed by atoms with Crippen LogP contribution in [0.1, 0.15) is 24.0 Å². The van der Waals surface area contributed by atoms with Crippen LogP contribution in [0.3, 0.4) is 0 Å². The summed E-state index contributed by atoms with van der Waals surface area (Å²) in [7, 11) is 0. The van der Waals surface area contributed by atoms with Crippen molar-refractivity contribution >= 4 is 17.3 Å². The number of benzene rings is 3. The van der Waals surface area contributed by atoms with Gasteiger partial charge in [-0.05, 0) is 42.0 Å². The Morgan fingerprint density at radius 2 is 1.49 bits per heavy atom. The van der Waals surface area contributed by atoms with E-state index in [1.54, 1.807) is 6.33 Å². The van der Waals surface area contributed by atoms with E-state index in [-0.39, 0.29) is 0 Å². The van der Waals surface area contributed by atoms with Gasteiger partial charge in [0.05, 0.1) is 0 Å². The molecule has 0 atom stereocenters. The Bertz CT molecular complexity index is 1280. The Labute approximate surface area is 207 Å². The second-order valence-corrected chi connectivity index (χ2v) is 9.51. The molecule has 1 N–H and O–H groups in total. The minimum absolute atomic E-state index is 0.650. The van der Waals surface area contributed by atoms with Crippen molar-refractivity contribution in [2.24, 2.45) is 0 Å². The maximum absolute atomic E-state index is 4.61. The van der Waals surface area contributed by atoms with Crippen LogP contribution in [0.15, 0.2) is 91.3 Å². The van der Waals surface area contributed by atoms with E-state index in [1.165, 1.54) is 42.5 Å². The molecule has 1 fully saturated rings. The molecule has 35 heavy (non-hydrogen) atoms. The zero-order chi connectivity index (χ0) is 23.5. The average Bonchev–Trinajstić information content (AvgIpc) is 2.94. The van der Waals surface area contributed by atoms with E-state index in [1.807, 2.05) is 6.07 Å². The minimum Gasteiger partial charge on any atom is -0.356 e. The number of piperidine rings is 1. The molecule has 2 aliphatic rings. The van der Waals surface area contributed by atoms with Crippen LogP contribution in [0.4, 0.5) is 17.3 Å². The van der Waals surface area contributed by atoms with Crippen LogP contribution in [0.25, 0.3) is 11.1 Å². The smallest absolute Gasteiger partial charge is 0.135 e. The van der Waals surface area contributed by atoms with E-state index in [0.717, 1.165) is 42.5 Å². The Morgan fingerprint density at radius 3 is 2.34 bits per heavy atom. The van der Waals surface area contributed by atoms with Gasteiger partial charge < -0.3 is 10.2 Å². The van der Waals surface area contributed by atoms with E-state index in [2.05, 4.69) is 104 Å². The summed E-state index contributed by atoms with van der Waals surface area (Å²) in [4.78, 5) is 14.2. The lowest BCUT2D eigenvalue weighted by Gasteiger charge is -2.41. The molecule has 6 rings (SSSR count). The number of hydrogen-bond acceptors (Lipinski definition) is 5. The maximum atomic E-state index is 4.61. The Morgan fingerprint density at radius 1 is 0.743 bits per heavy atom. The van der Waals surface area contributed by atoms with Crippen LogP contribution in [0.5, 0.6) is 0 Å². The van der Waals surface area contributed by atoms with Gasteiger partial charge in [-0.3, -0.25) is 4.90 Å². The molecule has 5 nitrogen and oxygen atoms in total. The second kappa shape index (κ2) is 9.88. The third-order valence-corrected chi connectivity index (χ3v) is 7.39. The van der Waals surface area contributed by atoms with Crippen LogP contribution in [0.2, 0.25) is 0 Å². The summed E-state index contributed by atoms with van der Waals surface area (Å²) < 4.78 is 0. The van der Waals surface area contributed by atoms with Gasteiger partial charge in [0.15, 0.2) is 0 Å². The quantitative estimate of drug-likeness (QED) is 0.400. The fourth-order valence-corrected chi connectivity index (χ4v) is 5.48. The van der Waals surface area contributed by atoms with E-state index >= 15 is 0 Å². The normalized spacial score (nSPS) is 16.6. The first-order valence-electron chi connectivity index (χ1n) is 12.6. The van der Waals surface area contributed by atoms with Crippen molar-refractivity contribution in [3.05, 3.63) is 102 Å². The molecular weight excluding hydrogens is 430 g/mol. The van der Waals surface area contributed by atoms with Gasteiger partial charge in [0.25, 0.3) is 0 Å². The highest BCUT2D eigenvalue weighted by atomic mass is 15.2.